The topological polar surface area (TPSA) is 34.1 Å². The monoisotopic (exact) mass is 278 g/mol. The van der Waals surface area contributed by atoms with Gasteiger partial charge in [0.05, 0.1) is 0 Å². The highest BCUT2D eigenvalue weighted by Crippen LogP contribution is 2.30. The molecule has 0 bridgehead atoms. The number of ether oxygens (including phenoxy) is 1. The van der Waals surface area contributed by atoms with E-state index in [0.29, 0.717) is 0 Å². The fraction of sp³-hybridized carbons (Fsp3) is 0.167. The molecule has 21 heavy (non-hydrogen) atoms. The number of pyridine rings is 1. The molecule has 0 aliphatic carbocycles. The maximum Gasteiger partial charge on any atom is 0.153 e. The van der Waals surface area contributed by atoms with Gasteiger partial charge in [-0.2, -0.15) is 0 Å². The van der Waals surface area contributed by atoms with Crippen molar-refractivity contribution in [1.82, 2.24) is 10.3 Å². The summed E-state index contributed by atoms with van der Waals surface area (Å²) in [6, 6.07) is 16.2. The second-order valence-electron chi connectivity index (χ2n) is 5.07. The Balaban J connectivity index is 2.02. The summed E-state index contributed by atoms with van der Waals surface area (Å²) in [5.41, 5.74) is 3.25. The third-order valence-electron chi connectivity index (χ3n) is 3.40. The lowest BCUT2D eigenvalue weighted by Crippen LogP contribution is -2.06. The van der Waals surface area contributed by atoms with Crippen LogP contribution < -0.4 is 10.1 Å². The van der Waals surface area contributed by atoms with Crippen molar-refractivity contribution in [2.24, 2.45) is 0 Å². The largest absolute Gasteiger partial charge is 0.455 e. The number of aryl methyl sites for hydroxylation is 1. The zero-order valence-electron chi connectivity index (χ0n) is 12.3. The molecule has 1 heterocycles. The van der Waals surface area contributed by atoms with E-state index >= 15 is 0 Å². The number of para-hydroxylation sites is 1. The molecular formula is C18H18N2O. The zero-order valence-corrected chi connectivity index (χ0v) is 12.3. The quantitative estimate of drug-likeness (QED) is 0.781. The predicted molar refractivity (Wildman–Crippen MR) is 85.8 cm³/mol. The van der Waals surface area contributed by atoms with Crippen molar-refractivity contribution in [2.75, 3.05) is 7.05 Å². The van der Waals surface area contributed by atoms with Gasteiger partial charge in [-0.05, 0) is 32.2 Å². The Morgan fingerprint density at radius 2 is 1.90 bits per heavy atom. The van der Waals surface area contributed by atoms with Gasteiger partial charge < -0.3 is 10.1 Å². The molecule has 0 radical (unpaired) electrons. The third kappa shape index (κ3) is 2.88. The van der Waals surface area contributed by atoms with E-state index in [1.165, 1.54) is 5.56 Å². The second-order valence-corrected chi connectivity index (χ2v) is 5.07. The molecule has 106 valence electrons. The molecule has 2 aromatic carbocycles. The Morgan fingerprint density at radius 1 is 1.05 bits per heavy atom. The number of nitrogens with zero attached hydrogens (tertiary/aromatic N) is 1. The molecule has 3 heteroatoms. The molecule has 0 aliphatic heterocycles. The molecule has 0 atom stereocenters. The molecule has 0 fully saturated rings. The maximum absolute atomic E-state index is 6.13. The van der Waals surface area contributed by atoms with Crippen molar-refractivity contribution >= 4 is 10.9 Å². The van der Waals surface area contributed by atoms with E-state index in [-0.39, 0.29) is 0 Å². The van der Waals surface area contributed by atoms with E-state index in [1.807, 2.05) is 43.4 Å². The standard InChI is InChI=1S/C18H18N2O/c1-13-8-9-16(15(11-13)12-19-2)21-17-7-3-5-14-6-4-10-20-18(14)17/h3-11,19H,12H2,1-2H3. The van der Waals surface area contributed by atoms with Gasteiger partial charge in [0.1, 0.15) is 11.3 Å². The molecule has 0 spiro atoms. The number of benzene rings is 2. The zero-order chi connectivity index (χ0) is 14.7. The van der Waals surface area contributed by atoms with Crippen LogP contribution in [-0.2, 0) is 6.54 Å². The minimum atomic E-state index is 0.773. The summed E-state index contributed by atoms with van der Waals surface area (Å²) in [5.74, 6) is 1.66. The van der Waals surface area contributed by atoms with Crippen molar-refractivity contribution in [3.63, 3.8) is 0 Å². The smallest absolute Gasteiger partial charge is 0.153 e. The summed E-state index contributed by atoms with van der Waals surface area (Å²) in [6.45, 7) is 2.86. The molecular weight excluding hydrogens is 260 g/mol. The van der Waals surface area contributed by atoms with Gasteiger partial charge in [0.2, 0.25) is 0 Å². The van der Waals surface area contributed by atoms with Crippen LogP contribution in [0, 0.1) is 6.92 Å². The van der Waals surface area contributed by atoms with E-state index in [0.717, 1.165) is 34.5 Å². The summed E-state index contributed by atoms with van der Waals surface area (Å²) in [7, 11) is 1.94. The summed E-state index contributed by atoms with van der Waals surface area (Å²) in [6.07, 6.45) is 1.79. The number of hydrogen-bond donors (Lipinski definition) is 1. The number of rotatable bonds is 4. The Morgan fingerprint density at radius 3 is 2.76 bits per heavy atom. The van der Waals surface area contributed by atoms with Gasteiger partial charge in [0.25, 0.3) is 0 Å². The van der Waals surface area contributed by atoms with Gasteiger partial charge in [0.15, 0.2) is 5.75 Å². The Hall–Kier alpha value is -2.39. The molecule has 0 unspecified atom stereocenters. The third-order valence-corrected chi connectivity index (χ3v) is 3.40. The van der Waals surface area contributed by atoms with E-state index in [2.05, 4.69) is 29.4 Å². The molecule has 3 nitrogen and oxygen atoms in total. The highest BCUT2D eigenvalue weighted by Gasteiger charge is 2.08. The van der Waals surface area contributed by atoms with Crippen LogP contribution in [0.25, 0.3) is 10.9 Å². The first-order valence-corrected chi connectivity index (χ1v) is 7.03. The SMILES string of the molecule is CNCc1cc(C)ccc1Oc1cccc2cccnc12. The van der Waals surface area contributed by atoms with Crippen LogP contribution in [0.2, 0.25) is 0 Å². The minimum Gasteiger partial charge on any atom is -0.455 e. The Labute approximate surface area is 124 Å². The van der Waals surface area contributed by atoms with Crippen LogP contribution in [0.5, 0.6) is 11.5 Å². The summed E-state index contributed by atoms with van der Waals surface area (Å²) >= 11 is 0. The van der Waals surface area contributed by atoms with Crippen LogP contribution in [0.1, 0.15) is 11.1 Å². The normalized spacial score (nSPS) is 10.8. The summed E-state index contributed by atoms with van der Waals surface area (Å²) in [5, 5.41) is 4.26. The van der Waals surface area contributed by atoms with Crippen LogP contribution in [-0.4, -0.2) is 12.0 Å². The van der Waals surface area contributed by atoms with Crippen LogP contribution in [0.3, 0.4) is 0 Å². The maximum atomic E-state index is 6.13. The average molecular weight is 278 g/mol. The van der Waals surface area contributed by atoms with E-state index in [9.17, 15) is 0 Å². The van der Waals surface area contributed by atoms with Crippen molar-refractivity contribution in [2.45, 2.75) is 13.5 Å². The van der Waals surface area contributed by atoms with Crippen molar-refractivity contribution in [1.29, 1.82) is 0 Å². The number of hydrogen-bond acceptors (Lipinski definition) is 3. The molecule has 3 aromatic rings. The van der Waals surface area contributed by atoms with Gasteiger partial charge >= 0.3 is 0 Å². The van der Waals surface area contributed by atoms with Gasteiger partial charge in [-0.15, -0.1) is 0 Å². The van der Waals surface area contributed by atoms with Crippen LogP contribution in [0.15, 0.2) is 54.7 Å². The van der Waals surface area contributed by atoms with Crippen molar-refractivity contribution in [3.05, 3.63) is 65.9 Å². The van der Waals surface area contributed by atoms with Crippen LogP contribution in [0.4, 0.5) is 0 Å². The highest BCUT2D eigenvalue weighted by atomic mass is 16.5. The number of nitrogens with one attached hydrogen (secondary N) is 1. The second kappa shape index (κ2) is 5.94. The van der Waals surface area contributed by atoms with Gasteiger partial charge in [-0.25, -0.2) is 0 Å². The lowest BCUT2D eigenvalue weighted by atomic mass is 10.1. The van der Waals surface area contributed by atoms with Gasteiger partial charge in [-0.3, -0.25) is 4.98 Å². The first kappa shape index (κ1) is 13.6. The van der Waals surface area contributed by atoms with Crippen LogP contribution >= 0.6 is 0 Å². The fourth-order valence-corrected chi connectivity index (χ4v) is 2.41. The van der Waals surface area contributed by atoms with E-state index in [1.54, 1.807) is 6.20 Å². The lowest BCUT2D eigenvalue weighted by Gasteiger charge is -2.13. The molecule has 1 N–H and O–H groups in total. The summed E-state index contributed by atoms with van der Waals surface area (Å²) < 4.78 is 6.13. The number of fused-ring (bicyclic) bond motifs is 1. The molecule has 3 rings (SSSR count). The van der Waals surface area contributed by atoms with Crippen molar-refractivity contribution in [3.8, 4) is 11.5 Å². The minimum absolute atomic E-state index is 0.773. The fourth-order valence-electron chi connectivity index (χ4n) is 2.41. The first-order chi connectivity index (χ1) is 10.3. The summed E-state index contributed by atoms with van der Waals surface area (Å²) in [4.78, 5) is 4.43. The lowest BCUT2D eigenvalue weighted by molar-refractivity contribution is 0.478. The molecule has 0 amide bonds. The molecule has 0 saturated heterocycles. The molecule has 1 aromatic heterocycles. The predicted octanol–water partition coefficient (Wildman–Crippen LogP) is 4.05. The average Bonchev–Trinajstić information content (AvgIpc) is 2.50. The van der Waals surface area contributed by atoms with Gasteiger partial charge in [0, 0.05) is 23.7 Å². The van der Waals surface area contributed by atoms with E-state index in [4.69, 9.17) is 4.74 Å². The Bertz CT molecular complexity index is 763. The van der Waals surface area contributed by atoms with E-state index < -0.39 is 0 Å². The molecule has 0 saturated carbocycles. The van der Waals surface area contributed by atoms with Crippen molar-refractivity contribution < 1.29 is 4.74 Å². The highest BCUT2D eigenvalue weighted by molar-refractivity contribution is 5.84. The number of aromatic nitrogens is 1. The Kier molecular flexibility index (Phi) is 3.84. The first-order valence-electron chi connectivity index (χ1n) is 7.03. The molecule has 0 aliphatic rings. The van der Waals surface area contributed by atoms with Gasteiger partial charge in [-0.1, -0.05) is 35.9 Å².